The molecule has 1 aromatic carbocycles. The molecule has 124 valence electrons. The van der Waals surface area contributed by atoms with Crippen LogP contribution in [0.15, 0.2) is 30.3 Å². The molecule has 2 N–H and O–H groups in total. The zero-order chi connectivity index (χ0) is 16.8. The van der Waals surface area contributed by atoms with Crippen LogP contribution in [-0.2, 0) is 14.4 Å². The summed E-state index contributed by atoms with van der Waals surface area (Å²) in [7, 11) is 0. The van der Waals surface area contributed by atoms with Crippen molar-refractivity contribution in [2.75, 3.05) is 18.4 Å². The van der Waals surface area contributed by atoms with Gasteiger partial charge in [0.25, 0.3) is 0 Å². The molecule has 1 aliphatic rings. The van der Waals surface area contributed by atoms with E-state index in [1.807, 2.05) is 19.9 Å². The minimum Gasteiger partial charge on any atom is -0.351 e. The van der Waals surface area contributed by atoms with Gasteiger partial charge in [-0.3, -0.25) is 14.4 Å². The molecule has 0 saturated carbocycles. The molecule has 23 heavy (non-hydrogen) atoms. The number of likely N-dealkylation sites (tertiary alicyclic amines) is 1. The summed E-state index contributed by atoms with van der Waals surface area (Å²) in [6.07, 6.45) is 1.59. The van der Waals surface area contributed by atoms with Crippen molar-refractivity contribution < 1.29 is 14.4 Å². The van der Waals surface area contributed by atoms with E-state index in [1.165, 1.54) is 4.90 Å². The Hall–Kier alpha value is -2.37. The molecule has 0 aromatic heterocycles. The van der Waals surface area contributed by atoms with Crippen molar-refractivity contribution in [3.63, 3.8) is 0 Å². The molecule has 1 atom stereocenters. The van der Waals surface area contributed by atoms with Gasteiger partial charge in [-0.25, -0.2) is 0 Å². The van der Waals surface area contributed by atoms with Gasteiger partial charge in [0.05, 0.1) is 0 Å². The van der Waals surface area contributed by atoms with E-state index in [4.69, 9.17) is 0 Å². The van der Waals surface area contributed by atoms with Crippen LogP contribution in [0.4, 0.5) is 5.69 Å². The second kappa shape index (κ2) is 7.76. The molecule has 0 spiro atoms. The van der Waals surface area contributed by atoms with Gasteiger partial charge in [0.1, 0.15) is 0 Å². The average molecular weight is 317 g/mol. The molecular weight excluding hydrogens is 294 g/mol. The van der Waals surface area contributed by atoms with Crippen molar-refractivity contribution in [1.82, 2.24) is 10.2 Å². The number of rotatable bonds is 3. The van der Waals surface area contributed by atoms with Crippen molar-refractivity contribution in [3.8, 4) is 0 Å². The first-order valence-corrected chi connectivity index (χ1v) is 7.93. The van der Waals surface area contributed by atoms with E-state index < -0.39 is 11.8 Å². The molecule has 3 amide bonds. The zero-order valence-electron chi connectivity index (χ0n) is 13.5. The van der Waals surface area contributed by atoms with Crippen LogP contribution in [0.3, 0.4) is 0 Å². The van der Waals surface area contributed by atoms with Gasteiger partial charge in [0, 0.05) is 30.7 Å². The molecule has 1 aliphatic heterocycles. The van der Waals surface area contributed by atoms with E-state index in [2.05, 4.69) is 10.6 Å². The molecule has 0 aliphatic carbocycles. The number of amides is 3. The Morgan fingerprint density at radius 1 is 1.17 bits per heavy atom. The number of nitrogens with one attached hydrogen (secondary N) is 2. The smallest absolute Gasteiger partial charge is 0.313 e. The molecule has 6 nitrogen and oxygen atoms in total. The number of hydrogen-bond donors (Lipinski definition) is 2. The highest BCUT2D eigenvalue weighted by atomic mass is 16.2. The predicted molar refractivity (Wildman–Crippen MR) is 87.7 cm³/mol. The van der Waals surface area contributed by atoms with E-state index in [0.29, 0.717) is 18.8 Å². The van der Waals surface area contributed by atoms with Gasteiger partial charge < -0.3 is 15.5 Å². The maximum absolute atomic E-state index is 12.3. The summed E-state index contributed by atoms with van der Waals surface area (Å²) in [4.78, 5) is 37.6. The summed E-state index contributed by atoms with van der Waals surface area (Å²) in [6, 6.07) is 8.79. The van der Waals surface area contributed by atoms with Crippen molar-refractivity contribution in [2.45, 2.75) is 32.7 Å². The number of benzene rings is 1. The average Bonchev–Trinajstić information content (AvgIpc) is 2.55. The predicted octanol–water partition coefficient (Wildman–Crippen LogP) is 1.39. The zero-order valence-corrected chi connectivity index (χ0v) is 13.5. The lowest BCUT2D eigenvalue weighted by Crippen LogP contribution is -2.52. The highest BCUT2D eigenvalue weighted by Gasteiger charge is 2.28. The van der Waals surface area contributed by atoms with Gasteiger partial charge in [-0.1, -0.05) is 32.0 Å². The lowest BCUT2D eigenvalue weighted by atomic mass is 10.0. The Balaban J connectivity index is 1.91. The quantitative estimate of drug-likeness (QED) is 0.827. The first-order valence-electron chi connectivity index (χ1n) is 7.93. The monoisotopic (exact) mass is 317 g/mol. The number of anilines is 1. The van der Waals surface area contributed by atoms with Gasteiger partial charge in [0.2, 0.25) is 5.91 Å². The highest BCUT2D eigenvalue weighted by Crippen LogP contribution is 2.12. The molecule has 1 unspecified atom stereocenters. The largest absolute Gasteiger partial charge is 0.351 e. The summed E-state index contributed by atoms with van der Waals surface area (Å²) >= 11 is 0. The summed E-state index contributed by atoms with van der Waals surface area (Å²) in [6.45, 7) is 4.57. The minimum atomic E-state index is -0.646. The summed E-state index contributed by atoms with van der Waals surface area (Å²) in [5, 5.41) is 5.52. The Morgan fingerprint density at radius 2 is 1.87 bits per heavy atom. The lowest BCUT2D eigenvalue weighted by molar-refractivity contribution is -0.144. The van der Waals surface area contributed by atoms with Crippen molar-refractivity contribution in [2.24, 2.45) is 5.92 Å². The van der Waals surface area contributed by atoms with Crippen LogP contribution in [0.25, 0.3) is 0 Å². The number of hydrogen-bond acceptors (Lipinski definition) is 3. The highest BCUT2D eigenvalue weighted by molar-refractivity contribution is 6.39. The maximum atomic E-state index is 12.3. The normalized spacial score (nSPS) is 17.7. The van der Waals surface area contributed by atoms with Crippen molar-refractivity contribution in [3.05, 3.63) is 30.3 Å². The van der Waals surface area contributed by atoms with Gasteiger partial charge >= 0.3 is 11.8 Å². The summed E-state index contributed by atoms with van der Waals surface area (Å²) in [5.41, 5.74) is 0.590. The minimum absolute atomic E-state index is 0.0296. The SMILES string of the molecule is CC(C)C(=O)NC1CCCN(C(=O)C(=O)Nc2ccccc2)C1. The van der Waals surface area contributed by atoms with Crippen LogP contribution in [0.5, 0.6) is 0 Å². The van der Waals surface area contributed by atoms with E-state index in [0.717, 1.165) is 12.8 Å². The van der Waals surface area contributed by atoms with Crippen molar-refractivity contribution >= 4 is 23.4 Å². The standard InChI is InChI=1S/C17H23N3O3/c1-12(2)15(21)19-14-9-6-10-20(11-14)17(23)16(22)18-13-7-4-3-5-8-13/h3-5,7-8,12,14H,6,9-11H2,1-2H3,(H,18,22)(H,19,21). The fraction of sp³-hybridized carbons (Fsp3) is 0.471. The van der Waals surface area contributed by atoms with Crippen LogP contribution < -0.4 is 10.6 Å². The molecule has 6 heteroatoms. The second-order valence-corrected chi connectivity index (χ2v) is 6.07. The Labute approximate surface area is 136 Å². The fourth-order valence-electron chi connectivity index (χ4n) is 2.50. The molecule has 1 fully saturated rings. The van der Waals surface area contributed by atoms with Gasteiger partial charge in [-0.2, -0.15) is 0 Å². The number of para-hydroxylation sites is 1. The number of carbonyl (C=O) groups is 3. The van der Waals surface area contributed by atoms with Crippen LogP contribution in [-0.4, -0.2) is 41.8 Å². The maximum Gasteiger partial charge on any atom is 0.313 e. The molecule has 0 bridgehead atoms. The fourth-order valence-corrected chi connectivity index (χ4v) is 2.50. The number of nitrogens with zero attached hydrogens (tertiary/aromatic N) is 1. The molecular formula is C17H23N3O3. The number of carbonyl (C=O) groups excluding carboxylic acids is 3. The third-order valence-corrected chi connectivity index (χ3v) is 3.81. The molecule has 1 aromatic rings. The van der Waals surface area contributed by atoms with E-state index in [-0.39, 0.29) is 17.9 Å². The Kier molecular flexibility index (Phi) is 5.73. The first-order chi connectivity index (χ1) is 11.0. The summed E-state index contributed by atoms with van der Waals surface area (Å²) in [5.74, 6) is -1.33. The van der Waals surface area contributed by atoms with Crippen molar-refractivity contribution in [1.29, 1.82) is 0 Å². The van der Waals surface area contributed by atoms with Gasteiger partial charge in [-0.05, 0) is 25.0 Å². The van der Waals surface area contributed by atoms with Crippen LogP contribution in [0.1, 0.15) is 26.7 Å². The van der Waals surface area contributed by atoms with Gasteiger partial charge in [-0.15, -0.1) is 0 Å². The Bertz CT molecular complexity index is 572. The third kappa shape index (κ3) is 4.81. The topological polar surface area (TPSA) is 78.5 Å². The second-order valence-electron chi connectivity index (χ2n) is 6.07. The van der Waals surface area contributed by atoms with Gasteiger partial charge in [0.15, 0.2) is 0 Å². The molecule has 1 saturated heterocycles. The molecule has 0 radical (unpaired) electrons. The van der Waals surface area contributed by atoms with E-state index >= 15 is 0 Å². The summed E-state index contributed by atoms with van der Waals surface area (Å²) < 4.78 is 0. The Morgan fingerprint density at radius 3 is 2.52 bits per heavy atom. The van der Waals surface area contributed by atoms with Crippen LogP contribution in [0, 0.1) is 5.92 Å². The van der Waals surface area contributed by atoms with Crippen LogP contribution >= 0.6 is 0 Å². The first kappa shape index (κ1) is 17.0. The molecule has 1 heterocycles. The molecule has 2 rings (SSSR count). The lowest BCUT2D eigenvalue weighted by Gasteiger charge is -2.33. The number of piperidine rings is 1. The van der Waals surface area contributed by atoms with E-state index in [9.17, 15) is 14.4 Å². The van der Waals surface area contributed by atoms with E-state index in [1.54, 1.807) is 24.3 Å². The third-order valence-electron chi connectivity index (χ3n) is 3.81. The van der Waals surface area contributed by atoms with Crippen LogP contribution in [0.2, 0.25) is 0 Å².